The van der Waals surface area contributed by atoms with Crippen molar-refractivity contribution in [1.29, 1.82) is 0 Å². The van der Waals surface area contributed by atoms with Gasteiger partial charge in [0.15, 0.2) is 5.05 Å². The van der Waals surface area contributed by atoms with Gasteiger partial charge in [0.2, 0.25) is 10.3 Å². The van der Waals surface area contributed by atoms with E-state index in [0.717, 1.165) is 13.0 Å². The van der Waals surface area contributed by atoms with Crippen LogP contribution in [0.15, 0.2) is 0 Å². The number of aliphatic hydroxyl groups is 1. The number of rotatable bonds is 1. The van der Waals surface area contributed by atoms with Gasteiger partial charge < -0.3 is 10.4 Å². The fourth-order valence-electron chi connectivity index (χ4n) is 1.01. The monoisotopic (exact) mass is 163 g/mol. The van der Waals surface area contributed by atoms with Crippen LogP contribution in [0.2, 0.25) is 0 Å². The van der Waals surface area contributed by atoms with Crippen LogP contribution in [0.3, 0.4) is 0 Å². The molecule has 1 rings (SSSR count). The van der Waals surface area contributed by atoms with Crippen molar-refractivity contribution in [2.45, 2.75) is 18.9 Å². The molecule has 0 aromatic rings. The Labute approximate surface area is 60.4 Å². The molecule has 10 heavy (non-hydrogen) atoms. The Hall–Kier alpha value is -0.390. The van der Waals surface area contributed by atoms with Gasteiger partial charge in [0.05, 0.1) is 6.04 Å². The van der Waals surface area contributed by atoms with Gasteiger partial charge in [0.25, 0.3) is 0 Å². The highest BCUT2D eigenvalue weighted by atomic mass is 32.2. The summed E-state index contributed by atoms with van der Waals surface area (Å²) in [5.41, 5.74) is 0. The van der Waals surface area contributed by atoms with Crippen molar-refractivity contribution >= 4 is 15.3 Å². The lowest BCUT2D eigenvalue weighted by atomic mass is 10.2. The third kappa shape index (κ3) is 1.56. The third-order valence-corrected chi connectivity index (χ3v) is 2.16. The molecule has 0 bridgehead atoms. The molecule has 5 heteroatoms. The zero-order valence-corrected chi connectivity index (χ0v) is 6.19. The summed E-state index contributed by atoms with van der Waals surface area (Å²) in [7, 11) is -2.44. The summed E-state index contributed by atoms with van der Waals surface area (Å²) in [6.45, 7) is 0.784. The van der Waals surface area contributed by atoms with E-state index in [1.54, 1.807) is 0 Å². The summed E-state index contributed by atoms with van der Waals surface area (Å²) < 4.78 is 20.3. The SMILES string of the molecule is O=S(=O)=C(O)[C@@H]1CCCN1. The first-order chi connectivity index (χ1) is 4.72. The van der Waals surface area contributed by atoms with Gasteiger partial charge in [0.1, 0.15) is 0 Å². The lowest BCUT2D eigenvalue weighted by Gasteiger charge is -2.02. The minimum Gasteiger partial charge on any atom is -0.350 e. The van der Waals surface area contributed by atoms with Gasteiger partial charge in [0, 0.05) is 0 Å². The minimum atomic E-state index is -2.44. The molecule has 0 aromatic carbocycles. The Balaban J connectivity index is 2.74. The summed E-state index contributed by atoms with van der Waals surface area (Å²) in [6.07, 6.45) is 1.63. The quantitative estimate of drug-likeness (QED) is 0.502. The molecule has 1 saturated heterocycles. The molecule has 0 aliphatic carbocycles. The zero-order chi connectivity index (χ0) is 7.56. The van der Waals surface area contributed by atoms with E-state index >= 15 is 0 Å². The maximum Gasteiger partial charge on any atom is 0.242 e. The van der Waals surface area contributed by atoms with Crippen molar-refractivity contribution in [1.82, 2.24) is 5.32 Å². The molecule has 0 aromatic heterocycles. The third-order valence-electron chi connectivity index (χ3n) is 1.53. The van der Waals surface area contributed by atoms with Crippen molar-refractivity contribution in [3.05, 3.63) is 0 Å². The molecule has 0 radical (unpaired) electrons. The molecule has 2 N–H and O–H groups in total. The van der Waals surface area contributed by atoms with Crippen LogP contribution in [0.25, 0.3) is 0 Å². The van der Waals surface area contributed by atoms with Gasteiger partial charge in [-0.25, -0.2) is 0 Å². The van der Waals surface area contributed by atoms with Crippen LogP contribution in [-0.4, -0.2) is 31.2 Å². The molecular formula is C5H9NO3S. The smallest absolute Gasteiger partial charge is 0.242 e. The molecule has 1 atom stereocenters. The van der Waals surface area contributed by atoms with E-state index in [2.05, 4.69) is 5.32 Å². The van der Waals surface area contributed by atoms with Crippen LogP contribution in [0.5, 0.6) is 0 Å². The highest BCUT2D eigenvalue weighted by Crippen LogP contribution is 2.04. The normalized spacial score (nSPS) is 24.7. The first-order valence-electron chi connectivity index (χ1n) is 3.10. The van der Waals surface area contributed by atoms with Crippen molar-refractivity contribution in [3.63, 3.8) is 0 Å². The fourth-order valence-corrected chi connectivity index (χ4v) is 1.44. The summed E-state index contributed by atoms with van der Waals surface area (Å²) in [5.74, 6) is 0. The molecule has 1 aliphatic heterocycles. The van der Waals surface area contributed by atoms with Gasteiger partial charge in [-0.05, 0) is 19.4 Å². The molecule has 1 heterocycles. The van der Waals surface area contributed by atoms with Gasteiger partial charge >= 0.3 is 0 Å². The van der Waals surface area contributed by atoms with E-state index in [1.807, 2.05) is 0 Å². The Bertz CT molecular complexity index is 230. The molecule has 4 nitrogen and oxygen atoms in total. The second kappa shape index (κ2) is 3.14. The van der Waals surface area contributed by atoms with E-state index < -0.39 is 15.3 Å². The van der Waals surface area contributed by atoms with Crippen LogP contribution in [-0.2, 0) is 10.3 Å². The number of hydrogen-bond acceptors (Lipinski definition) is 3. The Morgan fingerprint density at radius 1 is 1.60 bits per heavy atom. The van der Waals surface area contributed by atoms with Gasteiger partial charge in [-0.1, -0.05) is 0 Å². The van der Waals surface area contributed by atoms with E-state index in [0.29, 0.717) is 6.42 Å². The largest absolute Gasteiger partial charge is 0.350 e. The van der Waals surface area contributed by atoms with Crippen molar-refractivity contribution in [3.8, 4) is 0 Å². The van der Waals surface area contributed by atoms with Crippen LogP contribution >= 0.6 is 0 Å². The van der Waals surface area contributed by atoms with E-state index in [1.165, 1.54) is 0 Å². The summed E-state index contributed by atoms with van der Waals surface area (Å²) >= 11 is 0. The summed E-state index contributed by atoms with van der Waals surface area (Å²) in [4.78, 5) is 0. The predicted octanol–water partition coefficient (Wildman–Crippen LogP) is -0.695. The Morgan fingerprint density at radius 2 is 2.30 bits per heavy atom. The van der Waals surface area contributed by atoms with Crippen molar-refractivity contribution in [2.75, 3.05) is 6.54 Å². The molecule has 0 unspecified atom stereocenters. The lowest BCUT2D eigenvalue weighted by Crippen LogP contribution is -2.30. The molecule has 0 spiro atoms. The van der Waals surface area contributed by atoms with Gasteiger partial charge in [-0.15, -0.1) is 0 Å². The maximum atomic E-state index is 10.2. The lowest BCUT2D eigenvalue weighted by molar-refractivity contribution is 0.511. The van der Waals surface area contributed by atoms with Crippen LogP contribution < -0.4 is 5.32 Å². The molecule has 58 valence electrons. The highest BCUT2D eigenvalue weighted by Gasteiger charge is 2.19. The first kappa shape index (κ1) is 7.71. The van der Waals surface area contributed by atoms with E-state index in [-0.39, 0.29) is 6.04 Å². The Kier molecular flexibility index (Phi) is 2.42. The molecule has 1 aliphatic rings. The summed E-state index contributed by atoms with van der Waals surface area (Å²) in [5, 5.41) is 11.3. The van der Waals surface area contributed by atoms with Crippen molar-refractivity contribution in [2.24, 2.45) is 0 Å². The maximum absolute atomic E-state index is 10.2. The number of hydrogen-bond donors (Lipinski definition) is 2. The average Bonchev–Trinajstić information content (AvgIpc) is 2.36. The topological polar surface area (TPSA) is 66.4 Å². The number of aliphatic hydroxyl groups excluding tert-OH is 1. The van der Waals surface area contributed by atoms with E-state index in [4.69, 9.17) is 5.11 Å². The minimum absolute atomic E-state index is 0.335. The highest BCUT2D eigenvalue weighted by molar-refractivity contribution is 7.72. The van der Waals surface area contributed by atoms with Crippen LogP contribution in [0.1, 0.15) is 12.8 Å². The first-order valence-corrected chi connectivity index (χ1v) is 4.18. The molecule has 0 saturated carbocycles. The summed E-state index contributed by atoms with van der Waals surface area (Å²) in [6, 6.07) is -0.335. The van der Waals surface area contributed by atoms with Crippen LogP contribution in [0, 0.1) is 0 Å². The standard InChI is InChI=1S/C5H9NO3S/c7-5(10(8)9)4-2-1-3-6-4/h4,6-7H,1-3H2/t4-/m0/s1. The van der Waals surface area contributed by atoms with Gasteiger partial charge in [-0.2, -0.15) is 8.42 Å². The second-order valence-corrected chi connectivity index (χ2v) is 3.11. The molecular weight excluding hydrogens is 154 g/mol. The molecule has 1 fully saturated rings. The fraction of sp³-hybridized carbons (Fsp3) is 0.800. The average molecular weight is 163 g/mol. The van der Waals surface area contributed by atoms with Crippen LogP contribution in [0.4, 0.5) is 0 Å². The second-order valence-electron chi connectivity index (χ2n) is 2.22. The Morgan fingerprint density at radius 3 is 2.70 bits per heavy atom. The van der Waals surface area contributed by atoms with Crippen molar-refractivity contribution < 1.29 is 13.5 Å². The molecule has 0 amide bonds. The number of nitrogens with one attached hydrogen (secondary N) is 1. The zero-order valence-electron chi connectivity index (χ0n) is 5.37. The van der Waals surface area contributed by atoms with Gasteiger partial charge in [-0.3, -0.25) is 0 Å². The van der Waals surface area contributed by atoms with E-state index in [9.17, 15) is 8.42 Å². The predicted molar refractivity (Wildman–Crippen MR) is 37.6 cm³/mol.